The first-order valence-electron chi connectivity index (χ1n) is 7.09. The molecule has 0 spiro atoms. The molecule has 0 atom stereocenters. The predicted molar refractivity (Wildman–Crippen MR) is 77.0 cm³/mol. The molecule has 2 aromatic rings. The number of fused-ring (bicyclic) bond motifs is 1. The zero-order valence-corrected chi connectivity index (χ0v) is 11.7. The largest absolute Gasteiger partial charge is 0.356 e. The standard InChI is InChI=1S/C13H20N6O/c1-9-15-11(8-12-16-17-13(20)19(9)12)18-6-3-10(2-5-14)4-7-18/h8,10H,2-7,14H2,1H3,(H,17,20). The molecule has 0 amide bonds. The lowest BCUT2D eigenvalue weighted by molar-refractivity contribution is 0.385. The van der Waals surface area contributed by atoms with E-state index in [2.05, 4.69) is 20.1 Å². The van der Waals surface area contributed by atoms with Gasteiger partial charge in [-0.25, -0.2) is 19.3 Å². The highest BCUT2D eigenvalue weighted by Gasteiger charge is 2.20. The summed E-state index contributed by atoms with van der Waals surface area (Å²) in [7, 11) is 0. The van der Waals surface area contributed by atoms with Gasteiger partial charge in [-0.15, -0.1) is 0 Å². The van der Waals surface area contributed by atoms with E-state index in [-0.39, 0.29) is 5.69 Å². The lowest BCUT2D eigenvalue weighted by Gasteiger charge is -2.32. The van der Waals surface area contributed by atoms with Gasteiger partial charge in [0.25, 0.3) is 0 Å². The van der Waals surface area contributed by atoms with Crippen molar-refractivity contribution < 1.29 is 0 Å². The average molecular weight is 276 g/mol. The van der Waals surface area contributed by atoms with Crippen LogP contribution in [0.3, 0.4) is 0 Å². The number of piperidine rings is 1. The van der Waals surface area contributed by atoms with E-state index in [1.807, 2.05) is 13.0 Å². The quantitative estimate of drug-likeness (QED) is 0.840. The number of aromatic nitrogens is 4. The van der Waals surface area contributed by atoms with Gasteiger partial charge in [-0.05, 0) is 38.6 Å². The average Bonchev–Trinajstić information content (AvgIpc) is 2.82. The monoisotopic (exact) mass is 276 g/mol. The molecule has 3 rings (SSSR count). The number of hydrogen-bond acceptors (Lipinski definition) is 5. The van der Waals surface area contributed by atoms with Crippen LogP contribution in [0.4, 0.5) is 5.82 Å². The number of nitrogens with zero attached hydrogens (tertiary/aromatic N) is 4. The first-order chi connectivity index (χ1) is 9.69. The molecular weight excluding hydrogens is 256 g/mol. The summed E-state index contributed by atoms with van der Waals surface area (Å²) >= 11 is 0. The van der Waals surface area contributed by atoms with Gasteiger partial charge in [0.2, 0.25) is 0 Å². The molecule has 20 heavy (non-hydrogen) atoms. The summed E-state index contributed by atoms with van der Waals surface area (Å²) in [5, 5.41) is 6.48. The number of nitrogens with two attached hydrogens (primary N) is 1. The topological polar surface area (TPSA) is 92.3 Å². The van der Waals surface area contributed by atoms with Crippen LogP contribution in [-0.2, 0) is 0 Å². The minimum atomic E-state index is -0.238. The third-order valence-corrected chi connectivity index (χ3v) is 4.07. The molecule has 1 fully saturated rings. The molecule has 7 nitrogen and oxygen atoms in total. The van der Waals surface area contributed by atoms with Crippen LogP contribution in [0.1, 0.15) is 25.1 Å². The van der Waals surface area contributed by atoms with Gasteiger partial charge in [0.1, 0.15) is 11.6 Å². The number of H-pyrrole nitrogens is 1. The summed E-state index contributed by atoms with van der Waals surface area (Å²) in [6.07, 6.45) is 3.40. The summed E-state index contributed by atoms with van der Waals surface area (Å²) in [5.74, 6) is 2.30. The van der Waals surface area contributed by atoms with Crippen molar-refractivity contribution in [3.63, 3.8) is 0 Å². The Morgan fingerprint density at radius 2 is 2.20 bits per heavy atom. The third-order valence-electron chi connectivity index (χ3n) is 4.07. The number of aromatic amines is 1. The van der Waals surface area contributed by atoms with Crippen LogP contribution in [0.25, 0.3) is 5.65 Å². The summed E-state index contributed by atoms with van der Waals surface area (Å²) in [5.41, 5.74) is 6.01. The summed E-state index contributed by atoms with van der Waals surface area (Å²) in [4.78, 5) is 18.4. The third kappa shape index (κ3) is 2.29. The molecular formula is C13H20N6O. The summed E-state index contributed by atoms with van der Waals surface area (Å²) in [6.45, 7) is 4.57. The SMILES string of the molecule is Cc1nc(N2CCC(CCN)CC2)cc2n[nH]c(=O)n12. The second kappa shape index (κ2) is 5.24. The van der Waals surface area contributed by atoms with Crippen LogP contribution in [0, 0.1) is 12.8 Å². The van der Waals surface area contributed by atoms with Crippen LogP contribution in [-0.4, -0.2) is 39.2 Å². The number of aryl methyl sites for hydroxylation is 1. The van der Waals surface area contributed by atoms with E-state index < -0.39 is 0 Å². The van der Waals surface area contributed by atoms with Gasteiger partial charge in [-0.2, -0.15) is 5.10 Å². The van der Waals surface area contributed by atoms with Crippen LogP contribution in [0.2, 0.25) is 0 Å². The van der Waals surface area contributed by atoms with Crippen LogP contribution >= 0.6 is 0 Å². The molecule has 0 unspecified atom stereocenters. The van der Waals surface area contributed by atoms with E-state index in [0.717, 1.165) is 50.6 Å². The van der Waals surface area contributed by atoms with E-state index in [1.54, 1.807) is 0 Å². The highest BCUT2D eigenvalue weighted by atomic mass is 16.1. The molecule has 7 heteroatoms. The molecule has 0 aliphatic carbocycles. The molecule has 1 aliphatic heterocycles. The van der Waals surface area contributed by atoms with Crippen molar-refractivity contribution in [3.05, 3.63) is 22.4 Å². The van der Waals surface area contributed by atoms with Gasteiger partial charge in [0.05, 0.1) is 0 Å². The Hall–Kier alpha value is -1.89. The van der Waals surface area contributed by atoms with Crippen LogP contribution < -0.4 is 16.3 Å². The van der Waals surface area contributed by atoms with Gasteiger partial charge >= 0.3 is 5.69 Å². The maximum absolute atomic E-state index is 11.6. The van der Waals surface area contributed by atoms with Crippen molar-refractivity contribution in [1.82, 2.24) is 19.6 Å². The molecule has 0 bridgehead atoms. The molecule has 3 heterocycles. The zero-order valence-electron chi connectivity index (χ0n) is 11.7. The molecule has 3 N–H and O–H groups in total. The molecule has 2 aromatic heterocycles. The van der Waals surface area contributed by atoms with Crippen LogP contribution in [0.15, 0.2) is 10.9 Å². The fourth-order valence-electron chi connectivity index (χ4n) is 2.93. The van der Waals surface area contributed by atoms with Gasteiger partial charge in [0, 0.05) is 19.2 Å². The minimum absolute atomic E-state index is 0.238. The molecule has 1 saturated heterocycles. The maximum Gasteiger partial charge on any atom is 0.349 e. The Morgan fingerprint density at radius 1 is 1.45 bits per heavy atom. The zero-order chi connectivity index (χ0) is 14.1. The minimum Gasteiger partial charge on any atom is -0.356 e. The van der Waals surface area contributed by atoms with Crippen molar-refractivity contribution in [3.8, 4) is 0 Å². The van der Waals surface area contributed by atoms with E-state index in [0.29, 0.717) is 11.5 Å². The van der Waals surface area contributed by atoms with Gasteiger partial charge in [-0.1, -0.05) is 0 Å². The Balaban J connectivity index is 1.83. The smallest absolute Gasteiger partial charge is 0.349 e. The fraction of sp³-hybridized carbons (Fsp3) is 0.615. The maximum atomic E-state index is 11.6. The van der Waals surface area contributed by atoms with E-state index in [4.69, 9.17) is 5.73 Å². The molecule has 0 aromatic carbocycles. The number of hydrogen-bond donors (Lipinski definition) is 2. The van der Waals surface area contributed by atoms with E-state index in [9.17, 15) is 4.79 Å². The van der Waals surface area contributed by atoms with Crippen molar-refractivity contribution in [2.24, 2.45) is 11.7 Å². The molecule has 0 radical (unpaired) electrons. The van der Waals surface area contributed by atoms with Crippen molar-refractivity contribution in [2.45, 2.75) is 26.2 Å². The summed E-state index contributed by atoms with van der Waals surface area (Å²) in [6, 6.07) is 1.87. The first-order valence-corrected chi connectivity index (χ1v) is 7.09. The Morgan fingerprint density at radius 3 is 2.90 bits per heavy atom. The normalized spacial score (nSPS) is 17.0. The van der Waals surface area contributed by atoms with Crippen LogP contribution in [0.5, 0.6) is 0 Å². The van der Waals surface area contributed by atoms with Crippen molar-refractivity contribution in [1.29, 1.82) is 0 Å². The molecule has 1 aliphatic rings. The number of nitrogens with one attached hydrogen (secondary N) is 1. The van der Waals surface area contributed by atoms with E-state index >= 15 is 0 Å². The Labute approximate surface area is 116 Å². The summed E-state index contributed by atoms with van der Waals surface area (Å²) < 4.78 is 1.49. The number of anilines is 1. The van der Waals surface area contributed by atoms with E-state index in [1.165, 1.54) is 4.40 Å². The lowest BCUT2D eigenvalue weighted by atomic mass is 9.94. The number of rotatable bonds is 3. The van der Waals surface area contributed by atoms with Gasteiger partial charge < -0.3 is 10.6 Å². The first kappa shape index (κ1) is 13.1. The Kier molecular flexibility index (Phi) is 3.43. The lowest BCUT2D eigenvalue weighted by Crippen LogP contribution is -2.35. The second-order valence-corrected chi connectivity index (χ2v) is 5.39. The molecule has 108 valence electrons. The van der Waals surface area contributed by atoms with Crippen molar-refractivity contribution >= 4 is 11.5 Å². The Bertz CT molecular complexity index is 652. The highest BCUT2D eigenvalue weighted by Crippen LogP contribution is 2.24. The predicted octanol–water partition coefficient (Wildman–Crippen LogP) is 0.291. The van der Waals surface area contributed by atoms with Crippen molar-refractivity contribution in [2.75, 3.05) is 24.5 Å². The van der Waals surface area contributed by atoms with Gasteiger partial charge in [0.15, 0.2) is 5.65 Å². The molecule has 0 saturated carbocycles. The fourth-order valence-corrected chi connectivity index (χ4v) is 2.93. The highest BCUT2D eigenvalue weighted by molar-refractivity contribution is 5.51. The second-order valence-electron chi connectivity index (χ2n) is 5.39. The van der Waals surface area contributed by atoms with Gasteiger partial charge in [-0.3, -0.25) is 0 Å².